The van der Waals surface area contributed by atoms with Gasteiger partial charge in [0, 0.05) is 25.7 Å². The monoisotopic (exact) mass is 242 g/mol. The summed E-state index contributed by atoms with van der Waals surface area (Å²) in [6.07, 6.45) is 3.07. The Bertz CT molecular complexity index is 217. The van der Waals surface area contributed by atoms with E-state index >= 15 is 0 Å². The third-order valence-electron chi connectivity index (χ3n) is 3.67. The second kappa shape index (κ2) is 6.69. The van der Waals surface area contributed by atoms with E-state index < -0.39 is 0 Å². The van der Waals surface area contributed by atoms with Gasteiger partial charge in [-0.15, -0.1) is 0 Å². The van der Waals surface area contributed by atoms with Crippen LogP contribution in [-0.4, -0.2) is 62.5 Å². The van der Waals surface area contributed by atoms with Crippen LogP contribution in [0.3, 0.4) is 0 Å². The minimum atomic E-state index is 0.257. The molecule has 0 amide bonds. The highest BCUT2D eigenvalue weighted by atomic mass is 16.5. The molecule has 2 rings (SSSR count). The Morgan fingerprint density at radius 3 is 3.06 bits per heavy atom. The fourth-order valence-electron chi connectivity index (χ4n) is 2.52. The lowest BCUT2D eigenvalue weighted by molar-refractivity contribution is -0.0929. The maximum absolute atomic E-state index is 5.94. The molecule has 0 radical (unpaired) electrons. The molecule has 0 spiro atoms. The molecule has 100 valence electrons. The van der Waals surface area contributed by atoms with Gasteiger partial charge in [0.25, 0.3) is 0 Å². The average molecular weight is 242 g/mol. The predicted molar refractivity (Wildman–Crippen MR) is 68.3 cm³/mol. The summed E-state index contributed by atoms with van der Waals surface area (Å²) in [5.74, 6) is 0. The topological polar surface area (TPSA) is 33.7 Å². The number of morpholine rings is 1. The van der Waals surface area contributed by atoms with E-state index in [9.17, 15) is 0 Å². The lowest BCUT2D eigenvalue weighted by atomic mass is 10.1. The first kappa shape index (κ1) is 13.3. The minimum Gasteiger partial charge on any atom is -0.374 e. The van der Waals surface area contributed by atoms with Crippen molar-refractivity contribution < 1.29 is 9.47 Å². The first-order valence-electron chi connectivity index (χ1n) is 6.93. The van der Waals surface area contributed by atoms with Crippen LogP contribution in [-0.2, 0) is 9.47 Å². The zero-order chi connectivity index (χ0) is 12.1. The molecule has 4 nitrogen and oxygen atoms in total. The van der Waals surface area contributed by atoms with Crippen molar-refractivity contribution in [1.82, 2.24) is 10.2 Å². The summed E-state index contributed by atoms with van der Waals surface area (Å²) in [6, 6.07) is 0.609. The highest BCUT2D eigenvalue weighted by Crippen LogP contribution is 2.12. The Labute approximate surface area is 105 Å². The van der Waals surface area contributed by atoms with Crippen molar-refractivity contribution in [2.24, 2.45) is 0 Å². The largest absolute Gasteiger partial charge is 0.374 e. The third-order valence-corrected chi connectivity index (χ3v) is 3.67. The lowest BCUT2D eigenvalue weighted by Gasteiger charge is -2.36. The summed E-state index contributed by atoms with van der Waals surface area (Å²) < 4.78 is 11.7. The van der Waals surface area contributed by atoms with Gasteiger partial charge < -0.3 is 14.8 Å². The van der Waals surface area contributed by atoms with E-state index in [-0.39, 0.29) is 6.10 Å². The number of rotatable bonds is 4. The van der Waals surface area contributed by atoms with E-state index in [2.05, 4.69) is 24.1 Å². The SMILES string of the molecule is CC(C)N1CCOC(COC2CCCNC2)C1. The Balaban J connectivity index is 1.67. The van der Waals surface area contributed by atoms with Crippen LogP contribution in [0.4, 0.5) is 0 Å². The van der Waals surface area contributed by atoms with Crippen molar-refractivity contribution >= 4 is 0 Å². The molecule has 2 atom stereocenters. The van der Waals surface area contributed by atoms with Crippen LogP contribution >= 0.6 is 0 Å². The van der Waals surface area contributed by atoms with Crippen molar-refractivity contribution in [3.8, 4) is 0 Å². The van der Waals surface area contributed by atoms with E-state index in [0.29, 0.717) is 12.1 Å². The molecule has 0 saturated carbocycles. The maximum Gasteiger partial charge on any atom is 0.0935 e. The number of hydrogen-bond donors (Lipinski definition) is 1. The van der Waals surface area contributed by atoms with Gasteiger partial charge in [0.2, 0.25) is 0 Å². The molecule has 0 aromatic heterocycles. The molecule has 17 heavy (non-hydrogen) atoms. The van der Waals surface area contributed by atoms with Crippen LogP contribution in [0.25, 0.3) is 0 Å². The van der Waals surface area contributed by atoms with Gasteiger partial charge in [-0.05, 0) is 33.2 Å². The van der Waals surface area contributed by atoms with Gasteiger partial charge in [-0.2, -0.15) is 0 Å². The molecule has 2 aliphatic heterocycles. The molecule has 0 aromatic rings. The Hall–Kier alpha value is -0.160. The number of ether oxygens (including phenoxy) is 2. The summed E-state index contributed by atoms with van der Waals surface area (Å²) >= 11 is 0. The summed E-state index contributed by atoms with van der Waals surface area (Å²) in [5.41, 5.74) is 0. The summed E-state index contributed by atoms with van der Waals surface area (Å²) in [5, 5.41) is 3.37. The number of hydrogen-bond acceptors (Lipinski definition) is 4. The first-order chi connectivity index (χ1) is 8.25. The predicted octanol–water partition coefficient (Wildman–Crippen LogP) is 0.864. The molecule has 0 aliphatic carbocycles. The lowest BCUT2D eigenvalue weighted by Crippen LogP contribution is -2.48. The van der Waals surface area contributed by atoms with Gasteiger partial charge in [-0.1, -0.05) is 0 Å². The summed E-state index contributed by atoms with van der Waals surface area (Å²) in [4.78, 5) is 2.47. The van der Waals surface area contributed by atoms with E-state index in [0.717, 1.165) is 39.4 Å². The highest BCUT2D eigenvalue weighted by Gasteiger charge is 2.23. The normalized spacial score (nSPS) is 31.9. The molecule has 2 aliphatic rings. The van der Waals surface area contributed by atoms with E-state index in [1.54, 1.807) is 0 Å². The second-order valence-electron chi connectivity index (χ2n) is 5.38. The van der Waals surface area contributed by atoms with Crippen molar-refractivity contribution in [3.63, 3.8) is 0 Å². The average Bonchev–Trinajstić information content (AvgIpc) is 2.38. The van der Waals surface area contributed by atoms with Crippen molar-refractivity contribution in [3.05, 3.63) is 0 Å². The number of nitrogens with one attached hydrogen (secondary N) is 1. The van der Waals surface area contributed by atoms with Crippen LogP contribution in [0.5, 0.6) is 0 Å². The van der Waals surface area contributed by atoms with E-state index in [1.165, 1.54) is 12.8 Å². The molecule has 1 N–H and O–H groups in total. The molecular formula is C13H26N2O2. The quantitative estimate of drug-likeness (QED) is 0.793. The van der Waals surface area contributed by atoms with Gasteiger partial charge >= 0.3 is 0 Å². The van der Waals surface area contributed by atoms with Crippen molar-refractivity contribution in [2.75, 3.05) is 39.4 Å². The Morgan fingerprint density at radius 2 is 2.35 bits per heavy atom. The van der Waals surface area contributed by atoms with Gasteiger partial charge in [0.1, 0.15) is 0 Å². The number of piperidine rings is 1. The molecule has 0 aromatic carbocycles. The highest BCUT2D eigenvalue weighted by molar-refractivity contribution is 4.75. The molecule has 2 saturated heterocycles. The van der Waals surface area contributed by atoms with Crippen LogP contribution in [0.15, 0.2) is 0 Å². The van der Waals surface area contributed by atoms with Gasteiger partial charge in [0.05, 0.1) is 25.4 Å². The third kappa shape index (κ3) is 4.21. The van der Waals surface area contributed by atoms with E-state index in [4.69, 9.17) is 9.47 Å². The fraction of sp³-hybridized carbons (Fsp3) is 1.00. The maximum atomic E-state index is 5.94. The molecule has 2 heterocycles. The van der Waals surface area contributed by atoms with Crippen LogP contribution < -0.4 is 5.32 Å². The smallest absolute Gasteiger partial charge is 0.0935 e. The Kier molecular flexibility index (Phi) is 5.22. The summed E-state index contributed by atoms with van der Waals surface area (Å²) in [7, 11) is 0. The number of nitrogens with zero attached hydrogens (tertiary/aromatic N) is 1. The molecule has 2 fully saturated rings. The van der Waals surface area contributed by atoms with Crippen molar-refractivity contribution in [1.29, 1.82) is 0 Å². The standard InChI is InChI=1S/C13H26N2O2/c1-11(2)15-6-7-16-13(9-15)10-17-12-4-3-5-14-8-12/h11-14H,3-10H2,1-2H3. The zero-order valence-electron chi connectivity index (χ0n) is 11.2. The molecular weight excluding hydrogens is 216 g/mol. The molecule has 2 unspecified atom stereocenters. The van der Waals surface area contributed by atoms with Crippen LogP contribution in [0.2, 0.25) is 0 Å². The van der Waals surface area contributed by atoms with Gasteiger partial charge in [-0.3, -0.25) is 4.90 Å². The van der Waals surface area contributed by atoms with Gasteiger partial charge in [0.15, 0.2) is 0 Å². The van der Waals surface area contributed by atoms with Crippen LogP contribution in [0.1, 0.15) is 26.7 Å². The van der Waals surface area contributed by atoms with Crippen LogP contribution in [0, 0.1) is 0 Å². The van der Waals surface area contributed by atoms with Gasteiger partial charge in [-0.25, -0.2) is 0 Å². The first-order valence-corrected chi connectivity index (χ1v) is 6.93. The van der Waals surface area contributed by atoms with Crippen molar-refractivity contribution in [2.45, 2.75) is 44.9 Å². The zero-order valence-corrected chi connectivity index (χ0v) is 11.2. The summed E-state index contributed by atoms with van der Waals surface area (Å²) in [6.45, 7) is 10.3. The second-order valence-corrected chi connectivity index (χ2v) is 5.38. The Morgan fingerprint density at radius 1 is 1.47 bits per heavy atom. The van der Waals surface area contributed by atoms with E-state index in [1.807, 2.05) is 0 Å². The minimum absolute atomic E-state index is 0.257. The molecule has 4 heteroatoms. The molecule has 0 bridgehead atoms. The fourth-order valence-corrected chi connectivity index (χ4v) is 2.52.